The quantitative estimate of drug-likeness (QED) is 0.813. The van der Waals surface area contributed by atoms with Crippen LogP contribution in [0.15, 0.2) is 30.3 Å². The van der Waals surface area contributed by atoms with E-state index in [4.69, 9.17) is 5.11 Å². The summed E-state index contributed by atoms with van der Waals surface area (Å²) in [6.45, 7) is 3.42. The van der Waals surface area contributed by atoms with Gasteiger partial charge in [-0.15, -0.1) is 0 Å². The number of rotatable bonds is 7. The van der Waals surface area contributed by atoms with Gasteiger partial charge < -0.3 is 5.11 Å². The summed E-state index contributed by atoms with van der Waals surface area (Å²) in [5, 5.41) is 9.10. The van der Waals surface area contributed by atoms with Crippen molar-refractivity contribution in [1.29, 1.82) is 0 Å². The lowest BCUT2D eigenvalue weighted by Gasteiger charge is -2.22. The Kier molecular flexibility index (Phi) is 5.45. The number of carboxylic acid groups (broad SMARTS) is 1. The molecule has 0 heterocycles. The molecule has 1 N–H and O–H groups in total. The van der Waals surface area contributed by atoms with Gasteiger partial charge in [-0.25, -0.2) is 8.78 Å². The van der Waals surface area contributed by atoms with Crippen molar-refractivity contribution >= 4 is 5.97 Å². The summed E-state index contributed by atoms with van der Waals surface area (Å²) in [6.07, 6.45) is -0.731. The fourth-order valence-electron chi connectivity index (χ4n) is 2.19. The molecular weight excluding hydrogens is 250 g/mol. The third-order valence-electron chi connectivity index (χ3n) is 2.93. The first-order chi connectivity index (χ1) is 8.80. The van der Waals surface area contributed by atoms with E-state index in [1.807, 2.05) is 6.07 Å². The Morgan fingerprint density at radius 1 is 1.21 bits per heavy atom. The summed E-state index contributed by atoms with van der Waals surface area (Å²) in [5.41, 5.74) is 0.773. The first-order valence-electron chi connectivity index (χ1n) is 6.45. The maximum absolute atomic E-state index is 13.7. The standard InChI is InChI=1S/C15H20F2O2/c1-11(2)9-15(16,17)10-13(14(18)19)8-12-6-4-3-5-7-12/h3-7,11,13H,8-10H2,1-2H3,(H,18,19). The third-order valence-corrected chi connectivity index (χ3v) is 2.93. The molecule has 0 aliphatic heterocycles. The first kappa shape index (κ1) is 15.6. The molecule has 1 atom stereocenters. The van der Waals surface area contributed by atoms with Gasteiger partial charge in [0.05, 0.1) is 5.92 Å². The summed E-state index contributed by atoms with van der Waals surface area (Å²) in [7, 11) is 0. The van der Waals surface area contributed by atoms with Crippen LogP contribution in [0.5, 0.6) is 0 Å². The van der Waals surface area contributed by atoms with E-state index in [1.54, 1.807) is 38.1 Å². The second-order valence-electron chi connectivity index (χ2n) is 5.38. The summed E-state index contributed by atoms with van der Waals surface area (Å²) in [6, 6.07) is 8.89. The SMILES string of the molecule is CC(C)CC(F)(F)CC(Cc1ccccc1)C(=O)O. The minimum Gasteiger partial charge on any atom is -0.481 e. The number of benzene rings is 1. The highest BCUT2D eigenvalue weighted by molar-refractivity contribution is 5.70. The van der Waals surface area contributed by atoms with E-state index >= 15 is 0 Å². The predicted octanol–water partition coefficient (Wildman–Crippen LogP) is 4.00. The average molecular weight is 270 g/mol. The second-order valence-corrected chi connectivity index (χ2v) is 5.38. The molecule has 1 aromatic rings. The molecule has 0 saturated carbocycles. The van der Waals surface area contributed by atoms with Crippen molar-refractivity contribution in [1.82, 2.24) is 0 Å². The zero-order valence-electron chi connectivity index (χ0n) is 11.3. The van der Waals surface area contributed by atoms with Crippen LogP contribution in [-0.4, -0.2) is 17.0 Å². The summed E-state index contributed by atoms with van der Waals surface area (Å²) >= 11 is 0. The normalized spacial score (nSPS) is 13.5. The fraction of sp³-hybridized carbons (Fsp3) is 0.533. The zero-order valence-corrected chi connectivity index (χ0v) is 11.3. The highest BCUT2D eigenvalue weighted by atomic mass is 19.3. The Morgan fingerprint density at radius 2 is 1.79 bits per heavy atom. The highest BCUT2D eigenvalue weighted by Gasteiger charge is 2.36. The highest BCUT2D eigenvalue weighted by Crippen LogP contribution is 2.31. The van der Waals surface area contributed by atoms with E-state index in [1.165, 1.54) is 0 Å². The number of alkyl halides is 2. The lowest BCUT2D eigenvalue weighted by Crippen LogP contribution is -2.28. The molecule has 0 aliphatic rings. The maximum atomic E-state index is 13.7. The summed E-state index contributed by atoms with van der Waals surface area (Å²) in [5.74, 6) is -5.28. The van der Waals surface area contributed by atoms with Gasteiger partial charge in [-0.2, -0.15) is 0 Å². The van der Waals surface area contributed by atoms with Crippen LogP contribution in [0, 0.1) is 11.8 Å². The van der Waals surface area contributed by atoms with Crippen molar-refractivity contribution in [3.63, 3.8) is 0 Å². The summed E-state index contributed by atoms with van der Waals surface area (Å²) in [4.78, 5) is 11.1. The molecule has 106 valence electrons. The van der Waals surface area contributed by atoms with E-state index in [0.717, 1.165) is 5.56 Å². The number of halogens is 2. The molecule has 0 aliphatic carbocycles. The Balaban J connectivity index is 2.71. The van der Waals surface area contributed by atoms with E-state index in [0.29, 0.717) is 0 Å². The van der Waals surface area contributed by atoms with Gasteiger partial charge >= 0.3 is 5.97 Å². The number of carbonyl (C=O) groups is 1. The van der Waals surface area contributed by atoms with Gasteiger partial charge in [-0.3, -0.25) is 4.79 Å². The minimum atomic E-state index is -2.92. The Labute approximate surface area is 112 Å². The number of carboxylic acids is 1. The smallest absolute Gasteiger partial charge is 0.307 e. The Morgan fingerprint density at radius 3 is 2.26 bits per heavy atom. The van der Waals surface area contributed by atoms with Crippen LogP contribution in [0.2, 0.25) is 0 Å². The average Bonchev–Trinajstić information content (AvgIpc) is 2.27. The molecule has 0 fully saturated rings. The van der Waals surface area contributed by atoms with Gasteiger partial charge in [0.2, 0.25) is 5.92 Å². The van der Waals surface area contributed by atoms with E-state index in [2.05, 4.69) is 0 Å². The van der Waals surface area contributed by atoms with E-state index < -0.39 is 24.2 Å². The lowest BCUT2D eigenvalue weighted by atomic mass is 9.90. The molecule has 1 aromatic carbocycles. The molecule has 0 radical (unpaired) electrons. The molecular formula is C15H20F2O2. The van der Waals surface area contributed by atoms with Crippen molar-refractivity contribution in [3.8, 4) is 0 Å². The van der Waals surface area contributed by atoms with E-state index in [-0.39, 0.29) is 18.8 Å². The van der Waals surface area contributed by atoms with Crippen molar-refractivity contribution in [2.45, 2.75) is 39.0 Å². The monoisotopic (exact) mass is 270 g/mol. The van der Waals surface area contributed by atoms with Gasteiger partial charge in [-0.1, -0.05) is 44.2 Å². The molecule has 1 rings (SSSR count). The van der Waals surface area contributed by atoms with Gasteiger partial charge in [-0.05, 0) is 17.9 Å². The zero-order chi connectivity index (χ0) is 14.5. The first-order valence-corrected chi connectivity index (χ1v) is 6.45. The molecule has 0 amide bonds. The van der Waals surface area contributed by atoms with Gasteiger partial charge in [0.15, 0.2) is 0 Å². The topological polar surface area (TPSA) is 37.3 Å². The Bertz CT molecular complexity index is 402. The number of hydrogen-bond donors (Lipinski definition) is 1. The largest absolute Gasteiger partial charge is 0.481 e. The fourth-order valence-corrected chi connectivity index (χ4v) is 2.19. The van der Waals surface area contributed by atoms with Crippen LogP contribution in [0.1, 0.15) is 32.3 Å². The van der Waals surface area contributed by atoms with Crippen molar-refractivity contribution in [2.24, 2.45) is 11.8 Å². The minimum absolute atomic E-state index is 0.143. The Hall–Kier alpha value is -1.45. The van der Waals surface area contributed by atoms with Gasteiger partial charge in [0.1, 0.15) is 0 Å². The molecule has 1 unspecified atom stereocenters. The van der Waals surface area contributed by atoms with Crippen LogP contribution in [0.25, 0.3) is 0 Å². The molecule has 4 heteroatoms. The third kappa shape index (κ3) is 5.81. The molecule has 19 heavy (non-hydrogen) atoms. The summed E-state index contributed by atoms with van der Waals surface area (Å²) < 4.78 is 27.4. The van der Waals surface area contributed by atoms with Crippen LogP contribution in [0.3, 0.4) is 0 Å². The molecule has 0 bridgehead atoms. The van der Waals surface area contributed by atoms with Gasteiger partial charge in [0.25, 0.3) is 0 Å². The van der Waals surface area contributed by atoms with Crippen molar-refractivity contribution in [3.05, 3.63) is 35.9 Å². The lowest BCUT2D eigenvalue weighted by molar-refractivity contribution is -0.146. The second kappa shape index (κ2) is 6.64. The van der Waals surface area contributed by atoms with Crippen LogP contribution in [0.4, 0.5) is 8.78 Å². The number of aliphatic carboxylic acids is 1. The van der Waals surface area contributed by atoms with E-state index in [9.17, 15) is 13.6 Å². The van der Waals surface area contributed by atoms with Crippen molar-refractivity contribution < 1.29 is 18.7 Å². The molecule has 0 spiro atoms. The maximum Gasteiger partial charge on any atom is 0.307 e. The van der Waals surface area contributed by atoms with Crippen molar-refractivity contribution in [2.75, 3.05) is 0 Å². The number of hydrogen-bond acceptors (Lipinski definition) is 1. The van der Waals surface area contributed by atoms with Crippen LogP contribution in [-0.2, 0) is 11.2 Å². The van der Waals surface area contributed by atoms with Crippen LogP contribution < -0.4 is 0 Å². The van der Waals surface area contributed by atoms with Gasteiger partial charge in [0, 0.05) is 12.8 Å². The van der Waals surface area contributed by atoms with Crippen LogP contribution >= 0.6 is 0 Å². The molecule has 0 aromatic heterocycles. The molecule has 2 nitrogen and oxygen atoms in total. The molecule has 0 saturated heterocycles. The predicted molar refractivity (Wildman–Crippen MR) is 70.3 cm³/mol.